The number of ether oxygens (including phenoxy) is 1. The van der Waals surface area contributed by atoms with Crippen LogP contribution in [0.3, 0.4) is 0 Å². The standard InChI is InChI=1S/C13H24N2O2/c1-13(3-6-17-7-4-13)10-15-12(16)8-11-2-5-14-9-11/h11,14H,2-10H2,1H3,(H,15,16). The lowest BCUT2D eigenvalue weighted by molar-refractivity contribution is -0.122. The fraction of sp³-hybridized carbons (Fsp3) is 0.923. The van der Waals surface area contributed by atoms with Crippen molar-refractivity contribution in [3.8, 4) is 0 Å². The number of nitrogens with one attached hydrogen (secondary N) is 2. The molecule has 2 rings (SSSR count). The Balaban J connectivity index is 1.67. The van der Waals surface area contributed by atoms with E-state index in [1.165, 1.54) is 0 Å². The number of amides is 1. The van der Waals surface area contributed by atoms with Gasteiger partial charge in [0.1, 0.15) is 0 Å². The van der Waals surface area contributed by atoms with Crippen LogP contribution in [-0.2, 0) is 9.53 Å². The molecule has 0 radical (unpaired) electrons. The molecule has 98 valence electrons. The third kappa shape index (κ3) is 3.96. The molecule has 0 bridgehead atoms. The number of carbonyl (C=O) groups is 1. The van der Waals surface area contributed by atoms with Gasteiger partial charge in [0.25, 0.3) is 0 Å². The Bertz CT molecular complexity index is 256. The lowest BCUT2D eigenvalue weighted by Gasteiger charge is -2.33. The van der Waals surface area contributed by atoms with Crippen molar-refractivity contribution in [1.82, 2.24) is 10.6 Å². The van der Waals surface area contributed by atoms with Gasteiger partial charge in [0, 0.05) is 26.2 Å². The van der Waals surface area contributed by atoms with Crippen LogP contribution < -0.4 is 10.6 Å². The fourth-order valence-corrected chi connectivity index (χ4v) is 2.58. The van der Waals surface area contributed by atoms with Crippen molar-refractivity contribution in [2.45, 2.75) is 32.6 Å². The highest BCUT2D eigenvalue weighted by atomic mass is 16.5. The van der Waals surface area contributed by atoms with Crippen LogP contribution >= 0.6 is 0 Å². The topological polar surface area (TPSA) is 50.4 Å². The van der Waals surface area contributed by atoms with Gasteiger partial charge in [-0.2, -0.15) is 0 Å². The van der Waals surface area contributed by atoms with Crippen LogP contribution in [0.4, 0.5) is 0 Å². The Morgan fingerprint density at radius 3 is 2.88 bits per heavy atom. The molecule has 1 atom stereocenters. The molecular formula is C13H24N2O2. The zero-order valence-electron chi connectivity index (χ0n) is 10.8. The van der Waals surface area contributed by atoms with E-state index < -0.39 is 0 Å². The Hall–Kier alpha value is -0.610. The van der Waals surface area contributed by atoms with E-state index in [0.717, 1.165) is 52.1 Å². The molecule has 0 spiro atoms. The summed E-state index contributed by atoms with van der Waals surface area (Å²) in [7, 11) is 0. The maximum Gasteiger partial charge on any atom is 0.220 e. The van der Waals surface area contributed by atoms with E-state index in [2.05, 4.69) is 17.6 Å². The Morgan fingerprint density at radius 2 is 2.24 bits per heavy atom. The minimum atomic E-state index is 0.214. The van der Waals surface area contributed by atoms with Gasteiger partial charge in [0.15, 0.2) is 0 Å². The molecule has 2 aliphatic rings. The molecule has 0 aromatic heterocycles. The summed E-state index contributed by atoms with van der Waals surface area (Å²) in [6.07, 6.45) is 3.93. The number of hydrogen-bond acceptors (Lipinski definition) is 3. The Labute approximate surface area is 103 Å². The first-order chi connectivity index (χ1) is 8.18. The van der Waals surface area contributed by atoms with Gasteiger partial charge in [-0.3, -0.25) is 4.79 Å². The predicted octanol–water partition coefficient (Wildman–Crippen LogP) is 0.919. The lowest BCUT2D eigenvalue weighted by atomic mass is 9.82. The second-order valence-corrected chi connectivity index (χ2v) is 5.76. The highest BCUT2D eigenvalue weighted by molar-refractivity contribution is 5.76. The Morgan fingerprint density at radius 1 is 1.47 bits per heavy atom. The second kappa shape index (κ2) is 5.83. The van der Waals surface area contributed by atoms with E-state index >= 15 is 0 Å². The molecule has 2 heterocycles. The summed E-state index contributed by atoms with van der Waals surface area (Å²) in [4.78, 5) is 11.8. The normalized spacial score (nSPS) is 27.9. The molecule has 0 aromatic carbocycles. The number of carbonyl (C=O) groups excluding carboxylic acids is 1. The van der Waals surface area contributed by atoms with E-state index in [9.17, 15) is 4.79 Å². The van der Waals surface area contributed by atoms with Crippen LogP contribution in [0.25, 0.3) is 0 Å². The molecule has 0 saturated carbocycles. The van der Waals surface area contributed by atoms with Crippen LogP contribution in [0.2, 0.25) is 0 Å². The van der Waals surface area contributed by atoms with Gasteiger partial charge in [0.2, 0.25) is 5.91 Å². The predicted molar refractivity (Wildman–Crippen MR) is 66.8 cm³/mol. The molecule has 17 heavy (non-hydrogen) atoms. The summed E-state index contributed by atoms with van der Waals surface area (Å²) in [6, 6.07) is 0. The molecule has 2 saturated heterocycles. The molecule has 2 aliphatic heterocycles. The summed E-state index contributed by atoms with van der Waals surface area (Å²) >= 11 is 0. The first-order valence-corrected chi connectivity index (χ1v) is 6.73. The van der Waals surface area contributed by atoms with Crippen molar-refractivity contribution >= 4 is 5.91 Å². The summed E-state index contributed by atoms with van der Waals surface area (Å²) < 4.78 is 5.36. The molecule has 1 amide bonds. The zero-order chi connectivity index (χ0) is 12.1. The average molecular weight is 240 g/mol. The minimum absolute atomic E-state index is 0.214. The maximum absolute atomic E-state index is 11.8. The molecule has 2 N–H and O–H groups in total. The van der Waals surface area contributed by atoms with Crippen LogP contribution in [0.15, 0.2) is 0 Å². The van der Waals surface area contributed by atoms with Gasteiger partial charge >= 0.3 is 0 Å². The van der Waals surface area contributed by atoms with Gasteiger partial charge < -0.3 is 15.4 Å². The number of rotatable bonds is 4. The molecule has 1 unspecified atom stereocenters. The van der Waals surface area contributed by atoms with Crippen LogP contribution in [-0.4, -0.2) is 38.8 Å². The SMILES string of the molecule is CC1(CNC(=O)CC2CCNC2)CCOCC1. The maximum atomic E-state index is 11.8. The van der Waals surface area contributed by atoms with Gasteiger partial charge in [-0.15, -0.1) is 0 Å². The first-order valence-electron chi connectivity index (χ1n) is 6.73. The highest BCUT2D eigenvalue weighted by Crippen LogP contribution is 2.28. The monoisotopic (exact) mass is 240 g/mol. The number of hydrogen-bond donors (Lipinski definition) is 2. The molecule has 0 aliphatic carbocycles. The summed E-state index contributed by atoms with van der Waals surface area (Å²) in [5.74, 6) is 0.754. The van der Waals surface area contributed by atoms with E-state index in [-0.39, 0.29) is 11.3 Å². The zero-order valence-corrected chi connectivity index (χ0v) is 10.8. The molecule has 4 nitrogen and oxygen atoms in total. The Kier molecular flexibility index (Phi) is 4.40. The second-order valence-electron chi connectivity index (χ2n) is 5.76. The van der Waals surface area contributed by atoms with Crippen LogP contribution in [0.1, 0.15) is 32.6 Å². The van der Waals surface area contributed by atoms with Crippen molar-refractivity contribution in [2.75, 3.05) is 32.8 Å². The van der Waals surface area contributed by atoms with E-state index in [1.807, 2.05) is 0 Å². The van der Waals surface area contributed by atoms with Crippen molar-refractivity contribution in [2.24, 2.45) is 11.3 Å². The van der Waals surface area contributed by atoms with Crippen molar-refractivity contribution in [3.05, 3.63) is 0 Å². The van der Waals surface area contributed by atoms with Crippen LogP contribution in [0, 0.1) is 11.3 Å². The van der Waals surface area contributed by atoms with Gasteiger partial charge in [-0.1, -0.05) is 6.92 Å². The summed E-state index contributed by atoms with van der Waals surface area (Å²) in [6.45, 7) is 6.77. The van der Waals surface area contributed by atoms with E-state index in [1.54, 1.807) is 0 Å². The molecule has 4 heteroatoms. The quantitative estimate of drug-likeness (QED) is 0.768. The summed E-state index contributed by atoms with van der Waals surface area (Å²) in [5, 5.41) is 6.39. The molecular weight excluding hydrogens is 216 g/mol. The highest BCUT2D eigenvalue weighted by Gasteiger charge is 2.28. The van der Waals surface area contributed by atoms with Gasteiger partial charge in [0.05, 0.1) is 0 Å². The van der Waals surface area contributed by atoms with Gasteiger partial charge in [-0.25, -0.2) is 0 Å². The third-order valence-corrected chi connectivity index (χ3v) is 4.05. The fourth-order valence-electron chi connectivity index (χ4n) is 2.58. The largest absolute Gasteiger partial charge is 0.381 e. The minimum Gasteiger partial charge on any atom is -0.381 e. The van der Waals surface area contributed by atoms with Crippen molar-refractivity contribution in [1.29, 1.82) is 0 Å². The average Bonchev–Trinajstić information content (AvgIpc) is 2.80. The van der Waals surface area contributed by atoms with Crippen molar-refractivity contribution in [3.63, 3.8) is 0 Å². The van der Waals surface area contributed by atoms with Crippen molar-refractivity contribution < 1.29 is 9.53 Å². The first kappa shape index (κ1) is 12.8. The van der Waals surface area contributed by atoms with Crippen LogP contribution in [0.5, 0.6) is 0 Å². The molecule has 2 fully saturated rings. The third-order valence-electron chi connectivity index (χ3n) is 4.05. The lowest BCUT2D eigenvalue weighted by Crippen LogP contribution is -2.39. The van der Waals surface area contributed by atoms with E-state index in [4.69, 9.17) is 4.74 Å². The smallest absolute Gasteiger partial charge is 0.220 e. The van der Waals surface area contributed by atoms with E-state index in [0.29, 0.717) is 12.3 Å². The molecule has 0 aromatic rings. The van der Waals surface area contributed by atoms with Gasteiger partial charge in [-0.05, 0) is 43.7 Å². The summed E-state index contributed by atoms with van der Waals surface area (Å²) in [5.41, 5.74) is 0.238.